The van der Waals surface area contributed by atoms with Gasteiger partial charge in [-0.1, -0.05) is 40.9 Å². The first-order chi connectivity index (χ1) is 13.6. The second-order valence-corrected chi connectivity index (χ2v) is 6.99. The molecule has 0 radical (unpaired) electrons. The second-order valence-electron chi connectivity index (χ2n) is 5.83. The van der Waals surface area contributed by atoms with E-state index in [9.17, 15) is 18.0 Å². The van der Waals surface area contributed by atoms with Gasteiger partial charge in [-0.05, 0) is 30.3 Å². The Hall–Kier alpha value is -2.42. The number of carbonyl (C=O) groups is 1. The van der Waals surface area contributed by atoms with Gasteiger partial charge in [0.2, 0.25) is 0 Å². The van der Waals surface area contributed by atoms with Crippen LogP contribution in [0, 0.1) is 0 Å². The average molecular weight is 465 g/mol. The molecule has 152 valence electrons. The van der Waals surface area contributed by atoms with Crippen LogP contribution in [-0.4, -0.2) is 15.7 Å². The number of alkyl halides is 3. The molecule has 3 rings (SSSR count). The van der Waals surface area contributed by atoms with E-state index in [0.717, 1.165) is 12.1 Å². The summed E-state index contributed by atoms with van der Waals surface area (Å²) in [6.45, 7) is 0. The van der Waals surface area contributed by atoms with Crippen molar-refractivity contribution >= 4 is 46.4 Å². The number of rotatable bonds is 4. The molecule has 29 heavy (non-hydrogen) atoms. The maximum absolute atomic E-state index is 12.9. The lowest BCUT2D eigenvalue weighted by atomic mass is 10.2. The van der Waals surface area contributed by atoms with E-state index >= 15 is 0 Å². The van der Waals surface area contributed by atoms with Gasteiger partial charge in [-0.25, -0.2) is 0 Å². The molecule has 1 aromatic heterocycles. The Bertz CT molecular complexity index is 1080. The minimum Gasteiger partial charge on any atom is -0.437 e. The number of nitrogens with one attached hydrogen (secondary N) is 1. The van der Waals surface area contributed by atoms with Crippen LogP contribution in [0.1, 0.15) is 15.9 Å². The fraction of sp³-hybridized carbons (Fsp3) is 0.111. The predicted molar refractivity (Wildman–Crippen MR) is 104 cm³/mol. The fourth-order valence-corrected chi connectivity index (χ4v) is 2.94. The number of halogens is 6. The number of aromatic nitrogens is 2. The molecule has 1 N–H and O–H groups in total. The van der Waals surface area contributed by atoms with Gasteiger partial charge in [-0.3, -0.25) is 9.48 Å². The zero-order valence-electron chi connectivity index (χ0n) is 14.5. The van der Waals surface area contributed by atoms with Crippen LogP contribution < -0.4 is 10.1 Å². The van der Waals surface area contributed by atoms with Crippen molar-refractivity contribution in [2.75, 3.05) is 5.32 Å². The third-order valence-corrected chi connectivity index (χ3v) is 4.99. The Kier molecular flexibility index (Phi) is 5.97. The maximum atomic E-state index is 12.9. The van der Waals surface area contributed by atoms with Gasteiger partial charge in [0.15, 0.2) is 0 Å². The van der Waals surface area contributed by atoms with Crippen molar-refractivity contribution in [1.29, 1.82) is 0 Å². The quantitative estimate of drug-likeness (QED) is 0.452. The van der Waals surface area contributed by atoms with Crippen molar-refractivity contribution in [2.45, 2.75) is 6.18 Å². The van der Waals surface area contributed by atoms with Crippen molar-refractivity contribution in [1.82, 2.24) is 9.78 Å². The number of hydrogen-bond donors (Lipinski definition) is 1. The molecule has 0 aliphatic rings. The zero-order valence-corrected chi connectivity index (χ0v) is 16.8. The zero-order chi connectivity index (χ0) is 21.3. The van der Waals surface area contributed by atoms with Gasteiger partial charge >= 0.3 is 6.18 Å². The minimum absolute atomic E-state index is 0.0212. The van der Waals surface area contributed by atoms with E-state index in [1.54, 1.807) is 0 Å². The Morgan fingerprint density at radius 2 is 1.86 bits per heavy atom. The van der Waals surface area contributed by atoms with Crippen LogP contribution in [0.3, 0.4) is 0 Å². The maximum Gasteiger partial charge on any atom is 0.416 e. The van der Waals surface area contributed by atoms with Gasteiger partial charge in [0.05, 0.1) is 26.3 Å². The topological polar surface area (TPSA) is 56.2 Å². The summed E-state index contributed by atoms with van der Waals surface area (Å²) >= 11 is 17.9. The van der Waals surface area contributed by atoms with Gasteiger partial charge in [-0.15, -0.1) is 5.10 Å². The molecule has 0 aliphatic heterocycles. The monoisotopic (exact) mass is 463 g/mol. The molecule has 0 atom stereocenters. The minimum atomic E-state index is -4.53. The first kappa shape index (κ1) is 21.3. The predicted octanol–water partition coefficient (Wildman–Crippen LogP) is 6.44. The number of amides is 1. The second kappa shape index (κ2) is 8.14. The van der Waals surface area contributed by atoms with Gasteiger partial charge in [-0.2, -0.15) is 13.2 Å². The summed E-state index contributed by atoms with van der Waals surface area (Å²) in [6, 6.07) is 7.14. The number of carbonyl (C=O) groups excluding carboxylic acids is 1. The molecule has 1 amide bonds. The number of ether oxygens (including phenoxy) is 1. The Morgan fingerprint density at radius 1 is 1.14 bits per heavy atom. The molecule has 0 unspecified atom stereocenters. The molecule has 0 saturated heterocycles. The first-order valence-corrected chi connectivity index (χ1v) is 9.03. The average Bonchev–Trinajstić information content (AvgIpc) is 3.02. The van der Waals surface area contributed by atoms with Crippen LogP contribution in [0.15, 0.2) is 42.6 Å². The van der Waals surface area contributed by atoms with Crippen molar-refractivity contribution in [3.63, 3.8) is 0 Å². The van der Waals surface area contributed by atoms with E-state index in [1.165, 1.54) is 42.2 Å². The molecule has 3 aromatic rings. The van der Waals surface area contributed by atoms with Crippen LogP contribution in [0.4, 0.5) is 18.9 Å². The van der Waals surface area contributed by atoms with E-state index in [1.807, 2.05) is 0 Å². The highest BCUT2D eigenvalue weighted by Crippen LogP contribution is 2.36. The van der Waals surface area contributed by atoms with Gasteiger partial charge in [0.25, 0.3) is 11.8 Å². The van der Waals surface area contributed by atoms with Gasteiger partial charge < -0.3 is 10.1 Å². The summed E-state index contributed by atoms with van der Waals surface area (Å²) in [5.74, 6) is -0.957. The van der Waals surface area contributed by atoms with Crippen LogP contribution in [0.5, 0.6) is 11.6 Å². The smallest absolute Gasteiger partial charge is 0.416 e. The number of aryl methyl sites for hydroxylation is 1. The van der Waals surface area contributed by atoms with Crippen LogP contribution >= 0.6 is 34.8 Å². The molecular weight excluding hydrogens is 454 g/mol. The SMILES string of the molecule is Cn1cc(C(=O)Nc2ccc(Cl)c(Cl)c2Cl)c(Oc2cccc(C(F)(F)F)c2)n1. The van der Waals surface area contributed by atoms with Gasteiger partial charge in [0.1, 0.15) is 11.3 Å². The Labute approximate surface area is 177 Å². The van der Waals surface area contributed by atoms with E-state index in [-0.39, 0.29) is 37.9 Å². The lowest BCUT2D eigenvalue weighted by Crippen LogP contribution is -2.12. The molecule has 2 aromatic carbocycles. The molecule has 0 bridgehead atoms. The number of anilines is 1. The molecule has 0 aliphatic carbocycles. The molecule has 0 fully saturated rings. The standard InChI is InChI=1S/C18H11Cl3F3N3O2/c1-27-8-11(16(28)25-13-6-5-12(19)14(20)15(13)21)17(26-27)29-10-4-2-3-9(7-10)18(22,23)24/h2-8H,1H3,(H,25,28). The van der Waals surface area contributed by atoms with E-state index in [0.29, 0.717) is 0 Å². The largest absolute Gasteiger partial charge is 0.437 e. The van der Waals surface area contributed by atoms with Crippen LogP contribution in [0.2, 0.25) is 15.1 Å². The van der Waals surface area contributed by atoms with Crippen molar-refractivity contribution in [3.8, 4) is 11.6 Å². The van der Waals surface area contributed by atoms with Gasteiger partial charge in [0, 0.05) is 13.2 Å². The molecule has 5 nitrogen and oxygen atoms in total. The highest BCUT2D eigenvalue weighted by molar-refractivity contribution is 6.49. The summed E-state index contributed by atoms with van der Waals surface area (Å²) in [5.41, 5.74) is -0.716. The molecular formula is C18H11Cl3F3N3O2. The van der Waals surface area contributed by atoms with Crippen molar-refractivity contribution < 1.29 is 22.7 Å². The van der Waals surface area contributed by atoms with Crippen LogP contribution in [0.25, 0.3) is 0 Å². The number of benzene rings is 2. The normalized spacial score (nSPS) is 11.4. The molecule has 11 heteroatoms. The van der Waals surface area contributed by atoms with Crippen molar-refractivity contribution in [3.05, 3.63) is 68.8 Å². The number of hydrogen-bond acceptors (Lipinski definition) is 3. The molecule has 0 spiro atoms. The lowest BCUT2D eigenvalue weighted by Gasteiger charge is -2.11. The first-order valence-electron chi connectivity index (χ1n) is 7.90. The molecule has 0 saturated carbocycles. The summed E-state index contributed by atoms with van der Waals surface area (Å²) < 4.78 is 45.4. The number of nitrogens with zero attached hydrogens (tertiary/aromatic N) is 2. The van der Waals surface area contributed by atoms with E-state index in [2.05, 4.69) is 10.4 Å². The summed E-state index contributed by atoms with van der Waals surface area (Å²) in [5, 5.41) is 6.85. The third-order valence-electron chi connectivity index (χ3n) is 3.70. The Balaban J connectivity index is 1.88. The highest BCUT2D eigenvalue weighted by atomic mass is 35.5. The molecule has 1 heterocycles. The fourth-order valence-electron chi connectivity index (χ4n) is 2.36. The summed E-state index contributed by atoms with van der Waals surface area (Å²) in [4.78, 5) is 12.7. The van der Waals surface area contributed by atoms with Crippen LogP contribution in [-0.2, 0) is 13.2 Å². The third kappa shape index (κ3) is 4.77. The van der Waals surface area contributed by atoms with Crippen molar-refractivity contribution in [2.24, 2.45) is 7.05 Å². The summed E-state index contributed by atoms with van der Waals surface area (Å²) in [7, 11) is 1.53. The Morgan fingerprint density at radius 3 is 2.55 bits per heavy atom. The summed E-state index contributed by atoms with van der Waals surface area (Å²) in [6.07, 6.45) is -3.18. The van der Waals surface area contributed by atoms with E-state index in [4.69, 9.17) is 39.5 Å². The lowest BCUT2D eigenvalue weighted by molar-refractivity contribution is -0.137. The van der Waals surface area contributed by atoms with E-state index < -0.39 is 17.6 Å². The highest BCUT2D eigenvalue weighted by Gasteiger charge is 2.31.